The summed E-state index contributed by atoms with van der Waals surface area (Å²) in [6, 6.07) is 12.4. The highest BCUT2D eigenvalue weighted by Crippen LogP contribution is 2.34. The van der Waals surface area contributed by atoms with Gasteiger partial charge in [-0.1, -0.05) is 42.5 Å². The number of allylic oxidation sites excluding steroid dienone is 1. The first-order chi connectivity index (χ1) is 9.97. The third kappa shape index (κ3) is 2.49. The molecule has 0 bridgehead atoms. The number of ketones is 1. The molecule has 3 rings (SSSR count). The van der Waals surface area contributed by atoms with Crippen molar-refractivity contribution in [1.82, 2.24) is 0 Å². The SMILES string of the molecule is O=C1C(=Cc2ccccc2C(F)(F)F)Cc2ccccc21. The third-order valence-corrected chi connectivity index (χ3v) is 3.53. The third-order valence-electron chi connectivity index (χ3n) is 3.53. The van der Waals surface area contributed by atoms with Gasteiger partial charge in [-0.3, -0.25) is 4.79 Å². The molecule has 21 heavy (non-hydrogen) atoms. The molecule has 0 amide bonds. The van der Waals surface area contributed by atoms with Crippen molar-refractivity contribution in [3.05, 3.63) is 76.4 Å². The molecule has 0 heterocycles. The zero-order chi connectivity index (χ0) is 15.0. The number of fused-ring (bicyclic) bond motifs is 1. The zero-order valence-electron chi connectivity index (χ0n) is 10.9. The molecule has 4 heteroatoms. The van der Waals surface area contributed by atoms with Crippen LogP contribution in [0.3, 0.4) is 0 Å². The molecule has 2 aromatic carbocycles. The molecular formula is C17H11F3O. The van der Waals surface area contributed by atoms with Crippen molar-refractivity contribution in [3.8, 4) is 0 Å². The van der Waals surface area contributed by atoms with Crippen LogP contribution >= 0.6 is 0 Å². The molecule has 0 atom stereocenters. The van der Waals surface area contributed by atoms with Gasteiger partial charge in [0.05, 0.1) is 5.56 Å². The maximum absolute atomic E-state index is 13.0. The molecular weight excluding hydrogens is 277 g/mol. The van der Waals surface area contributed by atoms with Crippen LogP contribution in [0.25, 0.3) is 6.08 Å². The van der Waals surface area contributed by atoms with E-state index in [-0.39, 0.29) is 11.3 Å². The van der Waals surface area contributed by atoms with Gasteiger partial charge < -0.3 is 0 Å². The highest BCUT2D eigenvalue weighted by molar-refractivity contribution is 6.15. The Kier molecular flexibility index (Phi) is 3.16. The molecule has 0 saturated carbocycles. The second kappa shape index (κ2) is 4.88. The van der Waals surface area contributed by atoms with Crippen LogP contribution in [-0.4, -0.2) is 5.78 Å². The monoisotopic (exact) mass is 288 g/mol. The summed E-state index contributed by atoms with van der Waals surface area (Å²) in [5.74, 6) is -0.192. The van der Waals surface area contributed by atoms with Gasteiger partial charge in [-0.25, -0.2) is 0 Å². The molecule has 0 spiro atoms. The summed E-state index contributed by atoms with van der Waals surface area (Å²) in [4.78, 5) is 12.2. The summed E-state index contributed by atoms with van der Waals surface area (Å²) >= 11 is 0. The predicted octanol–water partition coefficient (Wildman–Crippen LogP) is 4.53. The lowest BCUT2D eigenvalue weighted by molar-refractivity contribution is -0.137. The van der Waals surface area contributed by atoms with Crippen molar-refractivity contribution >= 4 is 11.9 Å². The van der Waals surface area contributed by atoms with Gasteiger partial charge in [0.2, 0.25) is 0 Å². The summed E-state index contributed by atoms with van der Waals surface area (Å²) in [5, 5.41) is 0. The first-order valence-corrected chi connectivity index (χ1v) is 6.46. The van der Waals surface area contributed by atoms with E-state index in [0.717, 1.165) is 11.6 Å². The van der Waals surface area contributed by atoms with Gasteiger partial charge in [0.15, 0.2) is 5.78 Å². The lowest BCUT2D eigenvalue weighted by atomic mass is 10.0. The molecule has 2 aromatic rings. The van der Waals surface area contributed by atoms with Gasteiger partial charge in [-0.15, -0.1) is 0 Å². The van der Waals surface area contributed by atoms with Crippen LogP contribution in [0, 0.1) is 0 Å². The van der Waals surface area contributed by atoms with Crippen LogP contribution in [0.5, 0.6) is 0 Å². The maximum Gasteiger partial charge on any atom is 0.416 e. The first kappa shape index (κ1) is 13.6. The van der Waals surface area contributed by atoms with Crippen molar-refractivity contribution in [3.63, 3.8) is 0 Å². The van der Waals surface area contributed by atoms with Crippen LogP contribution in [0.4, 0.5) is 13.2 Å². The average molecular weight is 288 g/mol. The minimum absolute atomic E-state index is 0.0288. The molecule has 0 aliphatic heterocycles. The molecule has 0 aromatic heterocycles. The minimum atomic E-state index is -4.43. The van der Waals surface area contributed by atoms with Gasteiger partial charge in [-0.2, -0.15) is 13.2 Å². The number of benzene rings is 2. The fourth-order valence-electron chi connectivity index (χ4n) is 2.54. The van der Waals surface area contributed by atoms with E-state index in [1.54, 1.807) is 12.1 Å². The molecule has 0 N–H and O–H groups in total. The van der Waals surface area contributed by atoms with Gasteiger partial charge >= 0.3 is 6.18 Å². The summed E-state index contributed by atoms with van der Waals surface area (Å²) in [6.07, 6.45) is -2.70. The van der Waals surface area contributed by atoms with Crippen LogP contribution < -0.4 is 0 Å². The van der Waals surface area contributed by atoms with Crippen LogP contribution in [-0.2, 0) is 12.6 Å². The average Bonchev–Trinajstić information content (AvgIpc) is 2.76. The molecule has 0 unspecified atom stereocenters. The molecule has 0 fully saturated rings. The number of alkyl halides is 3. The minimum Gasteiger partial charge on any atom is -0.289 e. The van der Waals surface area contributed by atoms with E-state index >= 15 is 0 Å². The predicted molar refractivity (Wildman–Crippen MR) is 73.9 cm³/mol. The number of hydrogen-bond donors (Lipinski definition) is 0. The Morgan fingerprint density at radius 1 is 0.952 bits per heavy atom. The molecule has 1 nitrogen and oxygen atoms in total. The van der Waals surface area contributed by atoms with Gasteiger partial charge in [0.1, 0.15) is 0 Å². The van der Waals surface area contributed by atoms with Crippen molar-refractivity contribution in [2.24, 2.45) is 0 Å². The Morgan fingerprint density at radius 3 is 2.33 bits per heavy atom. The Morgan fingerprint density at radius 2 is 1.62 bits per heavy atom. The number of carbonyl (C=O) groups is 1. The summed E-state index contributed by atoms with van der Waals surface area (Å²) < 4.78 is 38.9. The van der Waals surface area contributed by atoms with E-state index < -0.39 is 11.7 Å². The smallest absolute Gasteiger partial charge is 0.289 e. The standard InChI is InChI=1S/C17H11F3O/c18-17(19,20)15-8-4-2-6-12(15)10-13-9-11-5-1-3-7-14(11)16(13)21/h1-8,10H,9H2. The number of carbonyl (C=O) groups excluding carboxylic acids is 1. The second-order valence-electron chi connectivity index (χ2n) is 4.92. The summed E-state index contributed by atoms with van der Waals surface area (Å²) in [6.45, 7) is 0. The van der Waals surface area contributed by atoms with Crippen molar-refractivity contribution in [2.75, 3.05) is 0 Å². The molecule has 1 aliphatic rings. The van der Waals surface area contributed by atoms with Crippen LogP contribution in [0.2, 0.25) is 0 Å². The number of hydrogen-bond acceptors (Lipinski definition) is 1. The fourth-order valence-corrected chi connectivity index (χ4v) is 2.54. The highest BCUT2D eigenvalue weighted by Gasteiger charge is 2.33. The van der Waals surface area contributed by atoms with Crippen LogP contribution in [0.15, 0.2) is 54.1 Å². The largest absolute Gasteiger partial charge is 0.416 e. The van der Waals surface area contributed by atoms with Gasteiger partial charge in [-0.05, 0) is 23.3 Å². The number of Topliss-reactive ketones (excluding diaryl/α,β-unsaturated/α-hetero) is 1. The number of halogens is 3. The van der Waals surface area contributed by atoms with E-state index in [0.29, 0.717) is 17.6 Å². The Labute approximate surface area is 119 Å². The quantitative estimate of drug-likeness (QED) is 0.705. The van der Waals surface area contributed by atoms with Gasteiger partial charge in [0.25, 0.3) is 0 Å². The van der Waals surface area contributed by atoms with E-state index in [1.165, 1.54) is 24.3 Å². The summed E-state index contributed by atoms with van der Waals surface area (Å²) in [7, 11) is 0. The zero-order valence-corrected chi connectivity index (χ0v) is 10.9. The summed E-state index contributed by atoms with van der Waals surface area (Å²) in [5.41, 5.74) is 1.14. The van der Waals surface area contributed by atoms with E-state index in [4.69, 9.17) is 0 Å². The highest BCUT2D eigenvalue weighted by atomic mass is 19.4. The van der Waals surface area contributed by atoms with Crippen LogP contribution in [0.1, 0.15) is 27.0 Å². The number of rotatable bonds is 1. The van der Waals surface area contributed by atoms with Gasteiger partial charge in [0, 0.05) is 17.6 Å². The molecule has 1 aliphatic carbocycles. The van der Waals surface area contributed by atoms with Crippen molar-refractivity contribution in [2.45, 2.75) is 12.6 Å². The van der Waals surface area contributed by atoms with E-state index in [9.17, 15) is 18.0 Å². The second-order valence-corrected chi connectivity index (χ2v) is 4.92. The lowest BCUT2D eigenvalue weighted by Crippen LogP contribution is -2.07. The van der Waals surface area contributed by atoms with E-state index in [1.807, 2.05) is 12.1 Å². The molecule has 106 valence electrons. The van der Waals surface area contributed by atoms with Crippen molar-refractivity contribution < 1.29 is 18.0 Å². The normalized spacial score (nSPS) is 16.3. The first-order valence-electron chi connectivity index (χ1n) is 6.46. The molecule has 0 radical (unpaired) electrons. The van der Waals surface area contributed by atoms with Crippen molar-refractivity contribution in [1.29, 1.82) is 0 Å². The molecule has 0 saturated heterocycles. The fraction of sp³-hybridized carbons (Fsp3) is 0.118. The Bertz CT molecular complexity index is 742. The Balaban J connectivity index is 2.04. The lowest BCUT2D eigenvalue weighted by Gasteiger charge is -2.10. The topological polar surface area (TPSA) is 17.1 Å². The maximum atomic E-state index is 13.0. The Hall–Kier alpha value is -2.36. The van der Waals surface area contributed by atoms with E-state index in [2.05, 4.69) is 0 Å².